The first-order chi connectivity index (χ1) is 11.6. The fourth-order valence-corrected chi connectivity index (χ4v) is 3.56. The lowest BCUT2D eigenvalue weighted by Gasteiger charge is -2.22. The SMILES string of the molecule is O=C1c2ccccc2C(=O)c2c(Cl)c(S)cc(-c3ccccc3)c21. The van der Waals surface area contributed by atoms with Gasteiger partial charge >= 0.3 is 0 Å². The van der Waals surface area contributed by atoms with Gasteiger partial charge in [-0.25, -0.2) is 0 Å². The van der Waals surface area contributed by atoms with Crippen molar-refractivity contribution in [2.24, 2.45) is 0 Å². The highest BCUT2D eigenvalue weighted by Gasteiger charge is 2.34. The van der Waals surface area contributed by atoms with E-state index in [2.05, 4.69) is 12.6 Å². The van der Waals surface area contributed by atoms with E-state index in [1.165, 1.54) is 0 Å². The molecule has 0 heterocycles. The number of hydrogen-bond acceptors (Lipinski definition) is 3. The molecule has 0 aliphatic heterocycles. The third-order valence-electron chi connectivity index (χ3n) is 4.20. The Labute approximate surface area is 149 Å². The largest absolute Gasteiger partial charge is 0.289 e. The molecule has 0 bridgehead atoms. The van der Waals surface area contributed by atoms with Crippen LogP contribution in [-0.4, -0.2) is 11.6 Å². The van der Waals surface area contributed by atoms with Crippen LogP contribution in [0.15, 0.2) is 65.6 Å². The minimum atomic E-state index is -0.238. The first kappa shape index (κ1) is 15.2. The van der Waals surface area contributed by atoms with Gasteiger partial charge in [-0.2, -0.15) is 0 Å². The predicted molar refractivity (Wildman–Crippen MR) is 97.4 cm³/mol. The molecule has 0 radical (unpaired) electrons. The molecule has 0 amide bonds. The number of thiol groups is 1. The van der Waals surface area contributed by atoms with E-state index in [1.54, 1.807) is 30.3 Å². The van der Waals surface area contributed by atoms with Gasteiger partial charge in [0.05, 0.1) is 10.6 Å². The summed E-state index contributed by atoms with van der Waals surface area (Å²) in [6.45, 7) is 0. The van der Waals surface area contributed by atoms with E-state index >= 15 is 0 Å². The summed E-state index contributed by atoms with van der Waals surface area (Å²) in [5.74, 6) is -0.424. The van der Waals surface area contributed by atoms with Crippen molar-refractivity contribution >= 4 is 35.8 Å². The first-order valence-corrected chi connectivity index (χ1v) is 8.21. The monoisotopic (exact) mass is 350 g/mol. The van der Waals surface area contributed by atoms with Gasteiger partial charge in [0, 0.05) is 21.6 Å². The van der Waals surface area contributed by atoms with E-state index in [9.17, 15) is 9.59 Å². The van der Waals surface area contributed by atoms with Crippen LogP contribution < -0.4 is 0 Å². The Bertz CT molecular complexity index is 1010. The molecular formula is C20H11ClO2S. The smallest absolute Gasteiger partial charge is 0.196 e. The molecule has 0 fully saturated rings. The number of fused-ring (bicyclic) bond motifs is 2. The van der Waals surface area contributed by atoms with Gasteiger partial charge in [0.1, 0.15) is 0 Å². The van der Waals surface area contributed by atoms with Crippen molar-refractivity contribution in [2.75, 3.05) is 0 Å². The van der Waals surface area contributed by atoms with Gasteiger partial charge in [0.15, 0.2) is 11.6 Å². The normalized spacial score (nSPS) is 12.8. The van der Waals surface area contributed by atoms with E-state index in [0.29, 0.717) is 27.1 Å². The highest BCUT2D eigenvalue weighted by Crippen LogP contribution is 2.41. The molecule has 0 N–H and O–H groups in total. The number of carbonyl (C=O) groups excluding carboxylic acids is 2. The molecule has 2 nitrogen and oxygen atoms in total. The fourth-order valence-electron chi connectivity index (χ4n) is 3.09. The van der Waals surface area contributed by atoms with E-state index in [0.717, 1.165) is 5.56 Å². The average molecular weight is 351 g/mol. The van der Waals surface area contributed by atoms with Gasteiger partial charge in [-0.05, 0) is 17.2 Å². The summed E-state index contributed by atoms with van der Waals surface area (Å²) >= 11 is 10.7. The molecule has 0 unspecified atom stereocenters. The third kappa shape index (κ3) is 2.13. The lowest BCUT2D eigenvalue weighted by Crippen LogP contribution is -2.22. The van der Waals surface area contributed by atoms with Crippen LogP contribution >= 0.6 is 24.2 Å². The third-order valence-corrected chi connectivity index (χ3v) is 5.08. The average Bonchev–Trinajstić information content (AvgIpc) is 2.62. The molecule has 3 aromatic carbocycles. The lowest BCUT2D eigenvalue weighted by molar-refractivity contribution is 0.0979. The van der Waals surface area contributed by atoms with Gasteiger partial charge in [-0.3, -0.25) is 9.59 Å². The van der Waals surface area contributed by atoms with Crippen LogP contribution in [-0.2, 0) is 0 Å². The summed E-state index contributed by atoms with van der Waals surface area (Å²) in [5, 5.41) is 0.223. The molecule has 0 saturated carbocycles. The molecule has 4 heteroatoms. The fraction of sp³-hybridized carbons (Fsp3) is 0. The summed E-state index contributed by atoms with van der Waals surface area (Å²) in [4.78, 5) is 26.5. The van der Waals surface area contributed by atoms with Crippen LogP contribution in [0.4, 0.5) is 0 Å². The van der Waals surface area contributed by atoms with Crippen molar-refractivity contribution in [3.63, 3.8) is 0 Å². The van der Waals surface area contributed by atoms with Crippen molar-refractivity contribution in [1.82, 2.24) is 0 Å². The summed E-state index contributed by atoms with van der Waals surface area (Å²) in [6, 6.07) is 18.0. The van der Waals surface area contributed by atoms with Crippen LogP contribution in [0, 0.1) is 0 Å². The van der Waals surface area contributed by atoms with Crippen LogP contribution in [0.5, 0.6) is 0 Å². The number of carbonyl (C=O) groups is 2. The van der Waals surface area contributed by atoms with E-state index in [1.807, 2.05) is 30.3 Å². The van der Waals surface area contributed by atoms with Crippen LogP contribution in [0.25, 0.3) is 11.1 Å². The number of rotatable bonds is 1. The standard InChI is InChI=1S/C20H11ClO2S/c21-18-15(24)10-14(11-6-2-1-3-7-11)16-17(18)20(23)13-9-5-4-8-12(13)19(16)22/h1-10,24H. The van der Waals surface area contributed by atoms with Gasteiger partial charge in [-0.15, -0.1) is 12.6 Å². The molecule has 0 atom stereocenters. The molecule has 1 aliphatic rings. The maximum absolute atomic E-state index is 13.1. The van der Waals surface area contributed by atoms with E-state index < -0.39 is 0 Å². The Morgan fingerprint density at radius 1 is 0.708 bits per heavy atom. The summed E-state index contributed by atoms with van der Waals surface area (Å²) < 4.78 is 0. The summed E-state index contributed by atoms with van der Waals surface area (Å²) in [6.07, 6.45) is 0. The Kier molecular flexibility index (Phi) is 3.56. The number of hydrogen-bond donors (Lipinski definition) is 1. The zero-order valence-corrected chi connectivity index (χ0v) is 14.1. The highest BCUT2D eigenvalue weighted by atomic mass is 35.5. The summed E-state index contributed by atoms with van der Waals surface area (Å²) in [5.41, 5.74) is 2.92. The molecule has 0 spiro atoms. The van der Waals surface area contributed by atoms with Gasteiger partial charge < -0.3 is 0 Å². The van der Waals surface area contributed by atoms with Gasteiger partial charge in [-0.1, -0.05) is 66.2 Å². The highest BCUT2D eigenvalue weighted by molar-refractivity contribution is 7.80. The second-order valence-corrected chi connectivity index (χ2v) is 6.44. The van der Waals surface area contributed by atoms with Crippen molar-refractivity contribution < 1.29 is 9.59 Å². The quantitative estimate of drug-likeness (QED) is 0.486. The van der Waals surface area contributed by atoms with Crippen LogP contribution in [0.3, 0.4) is 0 Å². The molecule has 0 aromatic heterocycles. The molecule has 24 heavy (non-hydrogen) atoms. The lowest BCUT2D eigenvalue weighted by atomic mass is 9.80. The first-order valence-electron chi connectivity index (χ1n) is 7.39. The summed E-state index contributed by atoms with van der Waals surface area (Å²) in [7, 11) is 0. The maximum atomic E-state index is 13.1. The number of halogens is 1. The Balaban J connectivity index is 2.10. The Hall–Kier alpha value is -2.36. The van der Waals surface area contributed by atoms with Crippen molar-refractivity contribution in [1.29, 1.82) is 0 Å². The van der Waals surface area contributed by atoms with E-state index in [4.69, 9.17) is 11.6 Å². The topological polar surface area (TPSA) is 34.1 Å². The van der Waals surface area contributed by atoms with Gasteiger partial charge in [0.25, 0.3) is 0 Å². The predicted octanol–water partition coefficient (Wildman–Crippen LogP) is 5.07. The molecular weight excluding hydrogens is 340 g/mol. The van der Waals surface area contributed by atoms with Crippen molar-refractivity contribution in [3.8, 4) is 11.1 Å². The zero-order chi connectivity index (χ0) is 16.8. The number of benzene rings is 3. The Morgan fingerprint density at radius 3 is 1.88 bits per heavy atom. The van der Waals surface area contributed by atoms with Gasteiger partial charge in [0.2, 0.25) is 0 Å². The van der Waals surface area contributed by atoms with Crippen LogP contribution in [0.1, 0.15) is 31.8 Å². The van der Waals surface area contributed by atoms with Crippen molar-refractivity contribution in [2.45, 2.75) is 4.90 Å². The minimum absolute atomic E-state index is 0.186. The minimum Gasteiger partial charge on any atom is -0.289 e. The molecule has 1 aliphatic carbocycles. The second-order valence-electron chi connectivity index (χ2n) is 5.58. The van der Waals surface area contributed by atoms with E-state index in [-0.39, 0.29) is 22.2 Å². The second kappa shape index (κ2) is 5.62. The molecule has 3 aromatic rings. The molecule has 0 saturated heterocycles. The molecule has 116 valence electrons. The van der Waals surface area contributed by atoms with Crippen LogP contribution in [0.2, 0.25) is 5.02 Å². The van der Waals surface area contributed by atoms with Crippen molar-refractivity contribution in [3.05, 3.63) is 87.9 Å². The zero-order valence-electron chi connectivity index (χ0n) is 12.4. The Morgan fingerprint density at radius 2 is 1.25 bits per heavy atom. The maximum Gasteiger partial charge on any atom is 0.196 e. The number of ketones is 2. The molecule has 4 rings (SSSR count).